The Kier molecular flexibility index (Phi) is 3.99. The molecule has 0 spiro atoms. The first-order valence-corrected chi connectivity index (χ1v) is 7.50. The van der Waals surface area contributed by atoms with Crippen LogP contribution < -0.4 is 0 Å². The predicted octanol–water partition coefficient (Wildman–Crippen LogP) is 3.92. The Morgan fingerprint density at radius 1 is 1.10 bits per heavy atom. The van der Waals surface area contributed by atoms with Crippen LogP contribution in [0.2, 0.25) is 0 Å². The average Bonchev–Trinajstić information content (AvgIpc) is 2.96. The number of nitriles is 1. The minimum absolute atomic E-state index is 0.352. The molecule has 0 saturated heterocycles. The Hall–Kier alpha value is -2.17. The number of halogens is 1. The van der Waals surface area contributed by atoms with Gasteiger partial charge in [0.25, 0.3) is 5.22 Å². The van der Waals surface area contributed by atoms with Gasteiger partial charge in [-0.3, -0.25) is 0 Å². The van der Waals surface area contributed by atoms with Gasteiger partial charge in [0.2, 0.25) is 5.89 Å². The van der Waals surface area contributed by atoms with Crippen LogP contribution in [-0.2, 0) is 0 Å². The van der Waals surface area contributed by atoms with Gasteiger partial charge in [0.1, 0.15) is 16.8 Å². The van der Waals surface area contributed by atoms with E-state index in [2.05, 4.69) is 31.1 Å². The number of hydrogen-bond acceptors (Lipinski definition) is 6. The van der Waals surface area contributed by atoms with Crippen LogP contribution in [0.5, 0.6) is 0 Å². The molecule has 0 aliphatic rings. The lowest BCUT2D eigenvalue weighted by molar-refractivity contribution is 0.465. The van der Waals surface area contributed by atoms with Crippen LogP contribution in [0.4, 0.5) is 0 Å². The summed E-state index contributed by atoms with van der Waals surface area (Å²) in [5.74, 6) is 0.432. The second-order valence-corrected chi connectivity index (χ2v) is 5.75. The van der Waals surface area contributed by atoms with E-state index in [9.17, 15) is 0 Å². The van der Waals surface area contributed by atoms with E-state index in [4.69, 9.17) is 9.68 Å². The fraction of sp³-hybridized carbons (Fsp3) is 0. The monoisotopic (exact) mass is 358 g/mol. The molecule has 0 radical (unpaired) electrons. The summed E-state index contributed by atoms with van der Waals surface area (Å²) in [5, 5.41) is 17.9. The van der Waals surface area contributed by atoms with Crippen LogP contribution >= 0.6 is 27.7 Å². The van der Waals surface area contributed by atoms with Crippen molar-refractivity contribution >= 4 is 27.7 Å². The maximum Gasteiger partial charge on any atom is 0.283 e. The van der Waals surface area contributed by atoms with Gasteiger partial charge in [0, 0.05) is 4.47 Å². The number of hydrogen-bond donors (Lipinski definition) is 0. The Morgan fingerprint density at radius 2 is 1.95 bits per heavy atom. The smallest absolute Gasteiger partial charge is 0.283 e. The lowest BCUT2D eigenvalue weighted by atomic mass is 10.2. The number of rotatable bonds is 3. The summed E-state index contributed by atoms with van der Waals surface area (Å²) in [7, 11) is 0. The molecule has 2 aromatic heterocycles. The van der Waals surface area contributed by atoms with Crippen molar-refractivity contribution in [3.05, 3.63) is 52.6 Å². The van der Waals surface area contributed by atoms with Gasteiger partial charge in [0.05, 0.1) is 5.56 Å². The molecule has 0 atom stereocenters. The highest BCUT2D eigenvalue weighted by Crippen LogP contribution is 2.31. The quantitative estimate of drug-likeness (QED) is 0.706. The zero-order valence-corrected chi connectivity index (χ0v) is 12.9. The predicted molar refractivity (Wildman–Crippen MR) is 80.5 cm³/mol. The van der Waals surface area contributed by atoms with Gasteiger partial charge in [-0.2, -0.15) is 5.26 Å². The van der Waals surface area contributed by atoms with E-state index >= 15 is 0 Å². The summed E-state index contributed by atoms with van der Waals surface area (Å²) < 4.78 is 6.50. The Labute approximate surface area is 133 Å². The molecule has 0 aliphatic carbocycles. The molecule has 0 aliphatic heterocycles. The third-order valence-corrected chi connectivity index (χ3v) is 4.01. The number of pyridine rings is 1. The normalized spacial score (nSPS) is 10.3. The molecule has 3 aromatic rings. The SMILES string of the molecule is N#Cc1cccc(Sc2nnc(-c3ccccc3Br)o2)n1. The molecule has 102 valence electrons. The highest BCUT2D eigenvalue weighted by molar-refractivity contribution is 9.10. The summed E-state index contributed by atoms with van der Waals surface area (Å²) in [6.07, 6.45) is 0. The Morgan fingerprint density at radius 3 is 2.76 bits per heavy atom. The number of aromatic nitrogens is 3. The molecule has 0 bridgehead atoms. The van der Waals surface area contributed by atoms with E-state index in [-0.39, 0.29) is 0 Å². The van der Waals surface area contributed by atoms with E-state index in [0.717, 1.165) is 10.0 Å². The van der Waals surface area contributed by atoms with Crippen molar-refractivity contribution in [2.24, 2.45) is 0 Å². The highest BCUT2D eigenvalue weighted by Gasteiger charge is 2.12. The van der Waals surface area contributed by atoms with Crippen molar-refractivity contribution in [2.75, 3.05) is 0 Å². The molecule has 21 heavy (non-hydrogen) atoms. The molecule has 0 fully saturated rings. The molecular weight excluding hydrogens is 352 g/mol. The lowest BCUT2D eigenvalue weighted by Gasteiger charge is -1.97. The summed E-state index contributed by atoms with van der Waals surface area (Å²) in [6.45, 7) is 0. The topological polar surface area (TPSA) is 75.6 Å². The fourth-order valence-electron chi connectivity index (χ4n) is 1.62. The first-order chi connectivity index (χ1) is 10.3. The molecule has 1 aromatic carbocycles. The zero-order chi connectivity index (χ0) is 14.7. The molecule has 0 amide bonds. The maximum absolute atomic E-state index is 8.83. The van der Waals surface area contributed by atoms with E-state index in [1.54, 1.807) is 18.2 Å². The second-order valence-electron chi connectivity index (χ2n) is 3.93. The minimum Gasteiger partial charge on any atom is -0.411 e. The third-order valence-electron chi connectivity index (χ3n) is 2.54. The Bertz CT molecular complexity index is 828. The third kappa shape index (κ3) is 3.12. The molecule has 3 rings (SSSR count). The first kappa shape index (κ1) is 13.8. The second kappa shape index (κ2) is 6.08. The van der Waals surface area contributed by atoms with Crippen molar-refractivity contribution in [1.29, 1.82) is 5.26 Å². The standard InChI is InChI=1S/C14H7BrN4OS/c15-11-6-2-1-5-10(11)13-18-19-14(20-13)21-12-7-3-4-9(8-16)17-12/h1-7H. The van der Waals surface area contributed by atoms with Crippen LogP contribution in [0.15, 0.2) is 61.6 Å². The van der Waals surface area contributed by atoms with E-state index in [0.29, 0.717) is 21.8 Å². The van der Waals surface area contributed by atoms with E-state index < -0.39 is 0 Å². The van der Waals surface area contributed by atoms with Gasteiger partial charge in [0.15, 0.2) is 0 Å². The van der Waals surface area contributed by atoms with Gasteiger partial charge < -0.3 is 4.42 Å². The molecular formula is C14H7BrN4OS. The van der Waals surface area contributed by atoms with Crippen molar-refractivity contribution in [2.45, 2.75) is 10.2 Å². The largest absolute Gasteiger partial charge is 0.411 e. The van der Waals surface area contributed by atoms with Crippen LogP contribution in [-0.4, -0.2) is 15.2 Å². The lowest BCUT2D eigenvalue weighted by Crippen LogP contribution is -1.84. The summed E-state index contributed by atoms with van der Waals surface area (Å²) in [6, 6.07) is 14.8. The van der Waals surface area contributed by atoms with Gasteiger partial charge in [-0.1, -0.05) is 18.2 Å². The Balaban J connectivity index is 1.86. The average molecular weight is 359 g/mol. The number of benzene rings is 1. The molecule has 0 N–H and O–H groups in total. The van der Waals surface area contributed by atoms with Gasteiger partial charge in [-0.15, -0.1) is 10.2 Å². The van der Waals surface area contributed by atoms with Crippen LogP contribution in [0.3, 0.4) is 0 Å². The first-order valence-electron chi connectivity index (χ1n) is 5.89. The van der Waals surface area contributed by atoms with Gasteiger partial charge >= 0.3 is 0 Å². The zero-order valence-electron chi connectivity index (χ0n) is 10.5. The highest BCUT2D eigenvalue weighted by atomic mass is 79.9. The van der Waals surface area contributed by atoms with Crippen molar-refractivity contribution in [3.8, 4) is 17.5 Å². The summed E-state index contributed by atoms with van der Waals surface area (Å²) in [5.41, 5.74) is 1.18. The number of nitrogens with zero attached hydrogens (tertiary/aromatic N) is 4. The summed E-state index contributed by atoms with van der Waals surface area (Å²) in [4.78, 5) is 4.15. The van der Waals surface area contributed by atoms with E-state index in [1.165, 1.54) is 11.8 Å². The summed E-state index contributed by atoms with van der Waals surface area (Å²) >= 11 is 4.67. The van der Waals surface area contributed by atoms with Gasteiger partial charge in [-0.05, 0) is 52.0 Å². The molecule has 2 heterocycles. The molecule has 5 nitrogen and oxygen atoms in total. The van der Waals surface area contributed by atoms with E-state index in [1.807, 2.05) is 30.3 Å². The van der Waals surface area contributed by atoms with Crippen molar-refractivity contribution in [1.82, 2.24) is 15.2 Å². The molecule has 7 heteroatoms. The minimum atomic E-state index is 0.352. The fourth-order valence-corrected chi connectivity index (χ4v) is 2.74. The van der Waals surface area contributed by atoms with Crippen molar-refractivity contribution in [3.63, 3.8) is 0 Å². The maximum atomic E-state index is 8.83. The van der Waals surface area contributed by atoms with Crippen molar-refractivity contribution < 1.29 is 4.42 Å². The molecule has 0 saturated carbocycles. The van der Waals surface area contributed by atoms with Crippen LogP contribution in [0, 0.1) is 11.3 Å². The van der Waals surface area contributed by atoms with Gasteiger partial charge in [-0.25, -0.2) is 4.98 Å². The molecule has 0 unspecified atom stereocenters. The van der Waals surface area contributed by atoms with Crippen LogP contribution in [0.1, 0.15) is 5.69 Å². The van der Waals surface area contributed by atoms with Crippen LogP contribution in [0.25, 0.3) is 11.5 Å².